The number of fused-ring (bicyclic) bond motifs is 1. The van der Waals surface area contributed by atoms with E-state index in [1.807, 2.05) is 12.1 Å². The van der Waals surface area contributed by atoms with Crippen molar-refractivity contribution in [2.75, 3.05) is 11.0 Å². The number of para-hydroxylation sites is 1. The predicted molar refractivity (Wildman–Crippen MR) is 108 cm³/mol. The van der Waals surface area contributed by atoms with Crippen molar-refractivity contribution in [2.24, 2.45) is 0 Å². The molecule has 1 aliphatic carbocycles. The van der Waals surface area contributed by atoms with Crippen molar-refractivity contribution in [2.45, 2.75) is 37.3 Å². The molecule has 1 unspecified atom stereocenters. The normalized spacial score (nSPS) is 19.4. The highest BCUT2D eigenvalue weighted by atomic mass is 35.5. The molecule has 0 aromatic heterocycles. The monoisotopic (exact) mass is 420 g/mol. The first kappa shape index (κ1) is 19.1. The second-order valence-electron chi connectivity index (χ2n) is 7.50. The van der Waals surface area contributed by atoms with Gasteiger partial charge in [0.25, 0.3) is 0 Å². The highest BCUT2D eigenvalue weighted by Crippen LogP contribution is 2.52. The highest BCUT2D eigenvalue weighted by Gasteiger charge is 2.50. The molecule has 2 aliphatic rings. The largest absolute Gasteiger partial charge is 0.487 e. The molecule has 1 atom stereocenters. The molecule has 1 heterocycles. The van der Waals surface area contributed by atoms with Gasteiger partial charge in [-0.05, 0) is 42.7 Å². The molecule has 2 aromatic carbocycles. The zero-order valence-electron chi connectivity index (χ0n) is 15.4. The predicted octanol–water partition coefficient (Wildman–Crippen LogP) is 3.43. The van der Waals surface area contributed by atoms with E-state index in [1.165, 1.54) is 0 Å². The van der Waals surface area contributed by atoms with E-state index in [4.69, 9.17) is 16.3 Å². The van der Waals surface area contributed by atoms with Crippen molar-refractivity contribution in [3.05, 3.63) is 58.6 Å². The van der Waals surface area contributed by atoms with Gasteiger partial charge in [0.05, 0.1) is 24.4 Å². The van der Waals surface area contributed by atoms with Crippen LogP contribution in [-0.2, 0) is 21.2 Å². The van der Waals surface area contributed by atoms with Gasteiger partial charge in [0, 0.05) is 17.0 Å². The number of hydrogen-bond donors (Lipinski definition) is 2. The minimum atomic E-state index is -3.43. The van der Waals surface area contributed by atoms with Gasteiger partial charge in [0.2, 0.25) is 15.9 Å². The van der Waals surface area contributed by atoms with E-state index in [9.17, 15) is 13.2 Å². The zero-order chi connectivity index (χ0) is 19.9. The summed E-state index contributed by atoms with van der Waals surface area (Å²) in [6, 6.07) is 12.2. The number of amides is 1. The van der Waals surface area contributed by atoms with Crippen LogP contribution in [0.1, 0.15) is 36.4 Å². The third-order valence-corrected chi connectivity index (χ3v) is 5.88. The van der Waals surface area contributed by atoms with E-state index in [1.54, 1.807) is 30.3 Å². The number of ether oxygens (including phenoxy) is 1. The number of carbonyl (C=O) groups is 1. The molecule has 8 heteroatoms. The fourth-order valence-electron chi connectivity index (χ4n) is 3.61. The second kappa shape index (κ2) is 6.97. The minimum absolute atomic E-state index is 0.0684. The van der Waals surface area contributed by atoms with E-state index in [2.05, 4.69) is 10.0 Å². The van der Waals surface area contributed by atoms with Gasteiger partial charge in [-0.1, -0.05) is 29.8 Å². The van der Waals surface area contributed by atoms with Gasteiger partial charge in [-0.25, -0.2) is 8.42 Å². The number of sulfonamides is 1. The van der Waals surface area contributed by atoms with Gasteiger partial charge in [-0.15, -0.1) is 0 Å². The number of hydrogen-bond acceptors (Lipinski definition) is 4. The Kier molecular flexibility index (Phi) is 4.75. The molecule has 0 radical (unpaired) electrons. The van der Waals surface area contributed by atoms with Crippen molar-refractivity contribution in [1.82, 2.24) is 5.32 Å². The smallest absolute Gasteiger partial charge is 0.229 e. The van der Waals surface area contributed by atoms with Gasteiger partial charge in [-0.3, -0.25) is 9.52 Å². The molecule has 148 valence electrons. The Morgan fingerprint density at radius 1 is 1.25 bits per heavy atom. The molecule has 1 amide bonds. The fourth-order valence-corrected chi connectivity index (χ4v) is 4.39. The molecule has 6 nitrogen and oxygen atoms in total. The fraction of sp³-hybridized carbons (Fsp3) is 0.350. The lowest BCUT2D eigenvalue weighted by Crippen LogP contribution is -2.38. The van der Waals surface area contributed by atoms with E-state index < -0.39 is 10.0 Å². The van der Waals surface area contributed by atoms with E-state index in [-0.39, 0.29) is 24.0 Å². The summed E-state index contributed by atoms with van der Waals surface area (Å²) < 4.78 is 31.7. The molecular formula is C20H21ClN2O4S. The maximum absolute atomic E-state index is 12.8. The van der Waals surface area contributed by atoms with Crippen LogP contribution in [-0.4, -0.2) is 26.2 Å². The van der Waals surface area contributed by atoms with Gasteiger partial charge >= 0.3 is 0 Å². The molecule has 2 aromatic rings. The summed E-state index contributed by atoms with van der Waals surface area (Å²) in [4.78, 5) is 12.8. The standard InChI is InChI=1S/C20H21ClN2O4S/c1-28(25,26)23-16-5-3-2-4-13(16)10-19(24)22-17-12-20(8-9-20)27-18-7-6-14(21)11-15(17)18/h2-7,11,17,23H,8-10,12H2,1H3,(H,22,24). The Labute approximate surface area is 169 Å². The van der Waals surface area contributed by atoms with Crippen LogP contribution in [0.4, 0.5) is 5.69 Å². The molecule has 1 saturated carbocycles. The molecule has 0 saturated heterocycles. The molecule has 0 bridgehead atoms. The van der Waals surface area contributed by atoms with E-state index in [0.29, 0.717) is 22.7 Å². The van der Waals surface area contributed by atoms with E-state index in [0.717, 1.165) is 30.4 Å². The summed E-state index contributed by atoms with van der Waals surface area (Å²) in [7, 11) is -3.43. The van der Waals surface area contributed by atoms with Crippen LogP contribution in [0, 0.1) is 0 Å². The van der Waals surface area contributed by atoms with Crippen molar-refractivity contribution >= 4 is 33.2 Å². The summed E-state index contributed by atoms with van der Waals surface area (Å²) in [6.45, 7) is 0. The van der Waals surface area contributed by atoms with Crippen molar-refractivity contribution in [3.8, 4) is 5.75 Å². The molecule has 1 spiro atoms. The summed E-state index contributed by atoms with van der Waals surface area (Å²) in [6.07, 6.45) is 3.81. The number of benzene rings is 2. The minimum Gasteiger partial charge on any atom is -0.487 e. The van der Waals surface area contributed by atoms with Crippen LogP contribution in [0.5, 0.6) is 5.75 Å². The summed E-state index contributed by atoms with van der Waals surface area (Å²) >= 11 is 6.14. The molecule has 1 fully saturated rings. The first-order chi connectivity index (χ1) is 13.2. The van der Waals surface area contributed by atoms with Crippen LogP contribution in [0.2, 0.25) is 5.02 Å². The van der Waals surface area contributed by atoms with Gasteiger partial charge in [-0.2, -0.15) is 0 Å². The Hall–Kier alpha value is -2.25. The third-order valence-electron chi connectivity index (χ3n) is 5.06. The van der Waals surface area contributed by atoms with Gasteiger partial charge < -0.3 is 10.1 Å². The molecular weight excluding hydrogens is 400 g/mol. The maximum atomic E-state index is 12.8. The van der Waals surface area contributed by atoms with Crippen LogP contribution >= 0.6 is 11.6 Å². The maximum Gasteiger partial charge on any atom is 0.229 e. The van der Waals surface area contributed by atoms with Gasteiger partial charge in [0.15, 0.2) is 0 Å². The average molecular weight is 421 g/mol. The number of anilines is 1. The van der Waals surface area contributed by atoms with Crippen LogP contribution in [0.25, 0.3) is 0 Å². The molecule has 28 heavy (non-hydrogen) atoms. The van der Waals surface area contributed by atoms with Gasteiger partial charge in [0.1, 0.15) is 11.4 Å². The quantitative estimate of drug-likeness (QED) is 0.776. The van der Waals surface area contributed by atoms with Crippen LogP contribution in [0.15, 0.2) is 42.5 Å². The Morgan fingerprint density at radius 3 is 2.71 bits per heavy atom. The lowest BCUT2D eigenvalue weighted by atomic mass is 9.94. The average Bonchev–Trinajstić information content (AvgIpc) is 3.34. The number of nitrogens with one attached hydrogen (secondary N) is 2. The number of rotatable bonds is 5. The van der Waals surface area contributed by atoms with E-state index >= 15 is 0 Å². The topological polar surface area (TPSA) is 84.5 Å². The van der Waals surface area contributed by atoms with Crippen molar-refractivity contribution in [3.63, 3.8) is 0 Å². The number of carbonyl (C=O) groups excluding carboxylic acids is 1. The van der Waals surface area contributed by atoms with Crippen molar-refractivity contribution < 1.29 is 17.9 Å². The lowest BCUT2D eigenvalue weighted by molar-refractivity contribution is -0.121. The first-order valence-electron chi connectivity index (χ1n) is 9.07. The van der Waals surface area contributed by atoms with Crippen LogP contribution in [0.3, 0.4) is 0 Å². The SMILES string of the molecule is CS(=O)(=O)Nc1ccccc1CC(=O)NC1CC2(CC2)Oc2ccc(Cl)cc21. The van der Waals surface area contributed by atoms with Crippen molar-refractivity contribution in [1.29, 1.82) is 0 Å². The molecule has 2 N–H and O–H groups in total. The molecule has 1 aliphatic heterocycles. The zero-order valence-corrected chi connectivity index (χ0v) is 16.9. The lowest BCUT2D eigenvalue weighted by Gasteiger charge is -2.33. The Bertz CT molecular complexity index is 1030. The Balaban J connectivity index is 1.53. The first-order valence-corrected chi connectivity index (χ1v) is 11.3. The van der Waals surface area contributed by atoms with Crippen LogP contribution < -0.4 is 14.8 Å². The second-order valence-corrected chi connectivity index (χ2v) is 9.68. The summed E-state index contributed by atoms with van der Waals surface area (Å²) in [5, 5.41) is 3.68. The highest BCUT2D eigenvalue weighted by molar-refractivity contribution is 7.92. The number of halogens is 1. The summed E-state index contributed by atoms with van der Waals surface area (Å²) in [5.41, 5.74) is 1.72. The summed E-state index contributed by atoms with van der Waals surface area (Å²) in [5.74, 6) is 0.578. The Morgan fingerprint density at radius 2 is 2.00 bits per heavy atom. The molecule has 4 rings (SSSR count). The third kappa shape index (κ3) is 4.25.